The van der Waals surface area contributed by atoms with E-state index in [9.17, 15) is 44.6 Å². The SMILES string of the molecule is CCCCCCCCCCCCCCCCCC(=O)OC[C@H](COP(=O)(O)OC1C(O)C(O)C(O)[C@@H](O)C1O)OC(C)=O. The zero-order valence-corrected chi connectivity index (χ0v) is 26.7. The molecular formula is C29H55O13P. The average molecular weight is 643 g/mol. The van der Waals surface area contributed by atoms with Crippen LogP contribution in [0.25, 0.3) is 0 Å². The van der Waals surface area contributed by atoms with Crippen molar-refractivity contribution in [3.63, 3.8) is 0 Å². The second-order valence-electron chi connectivity index (χ2n) is 11.4. The number of unbranched alkanes of at least 4 members (excludes halogenated alkanes) is 14. The van der Waals surface area contributed by atoms with Gasteiger partial charge in [-0.2, -0.15) is 0 Å². The summed E-state index contributed by atoms with van der Waals surface area (Å²) in [6.45, 7) is 2.13. The highest BCUT2D eigenvalue weighted by molar-refractivity contribution is 7.47. The molecule has 6 unspecified atom stereocenters. The first-order chi connectivity index (χ1) is 20.4. The van der Waals surface area contributed by atoms with Crippen molar-refractivity contribution >= 4 is 19.8 Å². The maximum Gasteiger partial charge on any atom is 0.472 e. The Morgan fingerprint density at radius 1 is 0.674 bits per heavy atom. The Bertz CT molecular complexity index is 797. The minimum atomic E-state index is -5.06. The maximum atomic E-state index is 12.4. The molecule has 1 aliphatic rings. The molecule has 0 saturated heterocycles. The first-order valence-corrected chi connectivity index (χ1v) is 17.3. The molecule has 0 aromatic carbocycles. The van der Waals surface area contributed by atoms with E-state index in [4.69, 9.17) is 18.5 Å². The Hall–Kier alpha value is -1.15. The summed E-state index contributed by atoms with van der Waals surface area (Å²) in [5.74, 6) is -1.29. The molecule has 1 saturated carbocycles. The Morgan fingerprint density at radius 3 is 1.53 bits per heavy atom. The average Bonchev–Trinajstić information content (AvgIpc) is 2.96. The lowest BCUT2D eigenvalue weighted by Gasteiger charge is -2.41. The van der Waals surface area contributed by atoms with Gasteiger partial charge in [0.1, 0.15) is 43.2 Å². The second-order valence-corrected chi connectivity index (χ2v) is 12.8. The first-order valence-electron chi connectivity index (χ1n) is 15.8. The van der Waals surface area contributed by atoms with Gasteiger partial charge in [-0.3, -0.25) is 18.6 Å². The van der Waals surface area contributed by atoms with Gasteiger partial charge in [0.2, 0.25) is 0 Å². The van der Waals surface area contributed by atoms with Crippen molar-refractivity contribution in [1.82, 2.24) is 0 Å². The number of phosphoric acid groups is 1. The maximum absolute atomic E-state index is 12.4. The van der Waals surface area contributed by atoms with E-state index in [-0.39, 0.29) is 6.42 Å². The van der Waals surface area contributed by atoms with Gasteiger partial charge in [-0.1, -0.05) is 96.8 Å². The molecule has 13 nitrogen and oxygen atoms in total. The molecule has 1 rings (SSSR count). The summed E-state index contributed by atoms with van der Waals surface area (Å²) in [4.78, 5) is 33.6. The third-order valence-electron chi connectivity index (χ3n) is 7.50. The third kappa shape index (κ3) is 17.2. The van der Waals surface area contributed by atoms with Crippen LogP contribution in [0.1, 0.15) is 117 Å². The highest BCUT2D eigenvalue weighted by Gasteiger charge is 2.51. The monoisotopic (exact) mass is 642 g/mol. The van der Waals surface area contributed by atoms with Gasteiger partial charge >= 0.3 is 19.8 Å². The molecule has 0 aromatic rings. The van der Waals surface area contributed by atoms with Gasteiger partial charge in [-0.05, 0) is 6.42 Å². The molecule has 8 atom stereocenters. The van der Waals surface area contributed by atoms with Gasteiger partial charge < -0.3 is 39.9 Å². The molecule has 0 aromatic heterocycles. The highest BCUT2D eigenvalue weighted by atomic mass is 31.2. The van der Waals surface area contributed by atoms with Gasteiger partial charge in [-0.25, -0.2) is 4.57 Å². The molecule has 14 heteroatoms. The topological polar surface area (TPSA) is 210 Å². The predicted octanol–water partition coefficient (Wildman–Crippen LogP) is 3.04. The van der Waals surface area contributed by atoms with Crippen LogP contribution in [-0.2, 0) is 32.7 Å². The summed E-state index contributed by atoms with van der Waals surface area (Å²) in [5, 5.41) is 49.1. The Kier molecular flexibility index (Phi) is 20.7. The molecule has 0 amide bonds. The smallest absolute Gasteiger partial charge is 0.462 e. The van der Waals surface area contributed by atoms with Crippen molar-refractivity contribution in [3.8, 4) is 0 Å². The van der Waals surface area contributed by atoms with Crippen molar-refractivity contribution in [2.24, 2.45) is 0 Å². The number of rotatable bonds is 24. The van der Waals surface area contributed by atoms with Gasteiger partial charge in [0, 0.05) is 13.3 Å². The molecular weight excluding hydrogens is 587 g/mol. The molecule has 43 heavy (non-hydrogen) atoms. The molecule has 1 fully saturated rings. The Balaban J connectivity index is 2.24. The molecule has 0 bridgehead atoms. The zero-order chi connectivity index (χ0) is 32.3. The van der Waals surface area contributed by atoms with Crippen molar-refractivity contribution in [2.75, 3.05) is 13.2 Å². The quantitative estimate of drug-likeness (QED) is 0.0509. The normalized spacial score (nSPS) is 26.0. The molecule has 0 spiro atoms. The van der Waals surface area contributed by atoms with E-state index < -0.39 is 75.7 Å². The Morgan fingerprint density at radius 2 is 1.09 bits per heavy atom. The summed E-state index contributed by atoms with van der Waals surface area (Å²) < 4.78 is 32.0. The van der Waals surface area contributed by atoms with Crippen LogP contribution >= 0.6 is 7.82 Å². The van der Waals surface area contributed by atoms with Crippen molar-refractivity contribution in [2.45, 2.75) is 159 Å². The van der Waals surface area contributed by atoms with E-state index in [1.807, 2.05) is 0 Å². The zero-order valence-electron chi connectivity index (χ0n) is 25.8. The largest absolute Gasteiger partial charge is 0.472 e. The number of esters is 2. The molecule has 0 radical (unpaired) electrons. The fourth-order valence-electron chi connectivity index (χ4n) is 4.93. The van der Waals surface area contributed by atoms with Gasteiger partial charge in [0.15, 0.2) is 6.10 Å². The van der Waals surface area contributed by atoms with E-state index in [2.05, 4.69) is 6.92 Å². The van der Waals surface area contributed by atoms with Gasteiger partial charge in [-0.15, -0.1) is 0 Å². The number of aliphatic hydroxyl groups is 5. The first kappa shape index (κ1) is 39.9. The number of hydrogen-bond donors (Lipinski definition) is 6. The lowest BCUT2D eigenvalue weighted by Crippen LogP contribution is -2.64. The predicted molar refractivity (Wildman–Crippen MR) is 157 cm³/mol. The molecule has 1 aliphatic carbocycles. The number of hydrogen-bond acceptors (Lipinski definition) is 12. The fraction of sp³-hybridized carbons (Fsp3) is 0.931. The standard InChI is InChI=1S/C29H55O13P/c1-3-4-5-6-7-8-9-10-11-12-13-14-15-16-17-18-23(31)39-19-22(41-21(2)30)20-40-43(37,38)42-29-27(35)25(33)24(32)26(34)28(29)36/h22,24-29,32-36H,3-20H2,1-2H3,(H,37,38)/t22-,24?,25-,26?,27?,28?,29?/m1/s1. The number of aliphatic hydroxyl groups excluding tert-OH is 5. The lowest BCUT2D eigenvalue weighted by molar-refractivity contribution is -0.220. The van der Waals surface area contributed by atoms with Crippen molar-refractivity contribution < 1.29 is 63.1 Å². The summed E-state index contributed by atoms with van der Waals surface area (Å²) in [6.07, 6.45) is 5.04. The van der Waals surface area contributed by atoms with E-state index >= 15 is 0 Å². The number of phosphoric ester groups is 1. The minimum Gasteiger partial charge on any atom is -0.462 e. The Labute approximate surface area is 255 Å². The van der Waals surface area contributed by atoms with E-state index in [0.29, 0.717) is 6.42 Å². The number of carbonyl (C=O) groups excluding carboxylic acids is 2. The van der Waals surface area contributed by atoms with E-state index in [0.717, 1.165) is 26.2 Å². The van der Waals surface area contributed by atoms with Crippen LogP contribution < -0.4 is 0 Å². The van der Waals surface area contributed by atoms with Crippen LogP contribution in [0.2, 0.25) is 0 Å². The fourth-order valence-corrected chi connectivity index (χ4v) is 5.91. The molecule has 0 heterocycles. The van der Waals surface area contributed by atoms with Crippen LogP contribution in [0.3, 0.4) is 0 Å². The van der Waals surface area contributed by atoms with Crippen molar-refractivity contribution in [1.29, 1.82) is 0 Å². The second kappa shape index (κ2) is 22.4. The highest BCUT2D eigenvalue weighted by Crippen LogP contribution is 2.47. The van der Waals surface area contributed by atoms with Crippen LogP contribution in [0.15, 0.2) is 0 Å². The van der Waals surface area contributed by atoms with Gasteiger partial charge in [0.05, 0.1) is 6.61 Å². The summed E-state index contributed by atoms with van der Waals surface area (Å²) in [7, 11) is -5.06. The van der Waals surface area contributed by atoms with Crippen molar-refractivity contribution in [3.05, 3.63) is 0 Å². The summed E-state index contributed by atoms with van der Waals surface area (Å²) >= 11 is 0. The summed E-state index contributed by atoms with van der Waals surface area (Å²) in [5.41, 5.74) is 0. The molecule has 6 N–H and O–H groups in total. The van der Waals surface area contributed by atoms with Crippen LogP contribution in [0, 0.1) is 0 Å². The minimum absolute atomic E-state index is 0.168. The molecule has 0 aliphatic heterocycles. The van der Waals surface area contributed by atoms with Crippen LogP contribution in [0.5, 0.6) is 0 Å². The number of ether oxygens (including phenoxy) is 2. The van der Waals surface area contributed by atoms with E-state index in [1.165, 1.54) is 70.6 Å². The molecule has 254 valence electrons. The van der Waals surface area contributed by atoms with Gasteiger partial charge in [0.25, 0.3) is 0 Å². The van der Waals surface area contributed by atoms with Crippen LogP contribution in [0.4, 0.5) is 0 Å². The summed E-state index contributed by atoms with van der Waals surface area (Å²) in [6, 6.07) is 0. The van der Waals surface area contributed by atoms with E-state index in [1.54, 1.807) is 0 Å². The van der Waals surface area contributed by atoms with Crippen LogP contribution in [-0.4, -0.2) is 98.3 Å². The third-order valence-corrected chi connectivity index (χ3v) is 8.48. The number of carbonyl (C=O) groups is 2. The lowest BCUT2D eigenvalue weighted by atomic mass is 9.85.